The molecule has 0 fully saturated rings. The molecule has 4 nitrogen and oxygen atoms in total. The molecule has 2 aromatic rings. The van der Waals surface area contributed by atoms with E-state index >= 15 is 0 Å². The van der Waals surface area contributed by atoms with Gasteiger partial charge >= 0.3 is 0 Å². The van der Waals surface area contributed by atoms with Crippen molar-refractivity contribution in [2.45, 2.75) is 39.2 Å². The van der Waals surface area contributed by atoms with Crippen molar-refractivity contribution in [2.75, 3.05) is 13.1 Å². The second kappa shape index (κ2) is 10.7. The van der Waals surface area contributed by atoms with E-state index in [9.17, 15) is 9.59 Å². The molecule has 1 N–H and O–H groups in total. The Kier molecular flexibility index (Phi) is 8.34. The van der Waals surface area contributed by atoms with Gasteiger partial charge < -0.3 is 10.2 Å². The fourth-order valence-corrected chi connectivity index (χ4v) is 3.15. The average Bonchev–Trinajstić information content (AvgIpc) is 2.69. The molecule has 144 valence electrons. The summed E-state index contributed by atoms with van der Waals surface area (Å²) in [5.74, 6) is -0.238. The van der Waals surface area contributed by atoms with Crippen LogP contribution in [0.3, 0.4) is 0 Å². The Balaban J connectivity index is 2.18. The van der Waals surface area contributed by atoms with Gasteiger partial charge in [-0.25, -0.2) is 0 Å². The highest BCUT2D eigenvalue weighted by Gasteiger charge is 2.22. The number of unbranched alkanes of at least 4 members (excludes halogenated alkanes) is 1. The van der Waals surface area contributed by atoms with E-state index in [-0.39, 0.29) is 18.2 Å². The van der Waals surface area contributed by atoms with E-state index < -0.39 is 6.04 Å². The van der Waals surface area contributed by atoms with Crippen LogP contribution in [0.2, 0.25) is 5.02 Å². The fraction of sp³-hybridized carbons (Fsp3) is 0.364. The molecule has 0 aliphatic rings. The van der Waals surface area contributed by atoms with Crippen molar-refractivity contribution in [2.24, 2.45) is 0 Å². The third kappa shape index (κ3) is 6.10. The van der Waals surface area contributed by atoms with Crippen molar-refractivity contribution in [3.8, 4) is 0 Å². The molecule has 0 aliphatic heterocycles. The molecule has 0 spiro atoms. The minimum atomic E-state index is -0.404. The largest absolute Gasteiger partial charge is 0.345 e. The molecule has 0 aromatic heterocycles. The number of nitrogens with zero attached hydrogens (tertiary/aromatic N) is 1. The first kappa shape index (κ1) is 21.0. The van der Waals surface area contributed by atoms with Crippen LogP contribution in [0.25, 0.3) is 0 Å². The summed E-state index contributed by atoms with van der Waals surface area (Å²) in [6, 6.07) is 16.1. The van der Waals surface area contributed by atoms with Gasteiger partial charge in [-0.15, -0.1) is 0 Å². The molecule has 0 bridgehead atoms. The van der Waals surface area contributed by atoms with Gasteiger partial charge in [0.25, 0.3) is 5.91 Å². The topological polar surface area (TPSA) is 49.4 Å². The van der Waals surface area contributed by atoms with E-state index in [1.807, 2.05) is 42.2 Å². The molecular weight excluding hydrogens is 360 g/mol. The van der Waals surface area contributed by atoms with Crippen molar-refractivity contribution in [3.63, 3.8) is 0 Å². The van der Waals surface area contributed by atoms with Crippen LogP contribution in [0.4, 0.5) is 0 Å². The molecule has 2 amide bonds. The van der Waals surface area contributed by atoms with Crippen molar-refractivity contribution in [3.05, 3.63) is 70.7 Å². The van der Waals surface area contributed by atoms with Gasteiger partial charge in [-0.1, -0.05) is 67.4 Å². The van der Waals surface area contributed by atoms with Gasteiger partial charge in [-0.2, -0.15) is 0 Å². The number of halogens is 1. The summed E-state index contributed by atoms with van der Waals surface area (Å²) in [5, 5.41) is 3.38. The standard InChI is InChI=1S/C22H27ClN2O2/c1-3-5-15-25(4-2)21(26)16-20(17-11-7-6-8-12-17)24-22(27)18-13-9-10-14-19(18)23/h6-14,20H,3-5,15-16H2,1-2H3,(H,24,27). The summed E-state index contributed by atoms with van der Waals surface area (Å²) in [7, 11) is 0. The lowest BCUT2D eigenvalue weighted by Gasteiger charge is -2.25. The summed E-state index contributed by atoms with van der Waals surface area (Å²) < 4.78 is 0. The number of carbonyl (C=O) groups excluding carboxylic acids is 2. The summed E-state index contributed by atoms with van der Waals surface area (Å²) in [6.07, 6.45) is 2.23. The Morgan fingerprint density at radius 2 is 1.70 bits per heavy atom. The number of carbonyl (C=O) groups is 2. The molecule has 1 unspecified atom stereocenters. The number of benzene rings is 2. The fourth-order valence-electron chi connectivity index (χ4n) is 2.93. The Bertz CT molecular complexity index is 749. The van der Waals surface area contributed by atoms with Crippen LogP contribution >= 0.6 is 11.6 Å². The van der Waals surface area contributed by atoms with Crippen molar-refractivity contribution in [1.82, 2.24) is 10.2 Å². The molecule has 0 saturated carbocycles. The Labute approximate surface area is 166 Å². The predicted octanol–water partition coefficient (Wildman–Crippen LogP) is 4.85. The first-order valence-corrected chi connectivity index (χ1v) is 9.82. The molecular formula is C22H27ClN2O2. The SMILES string of the molecule is CCCCN(CC)C(=O)CC(NC(=O)c1ccccc1Cl)c1ccccc1. The van der Waals surface area contributed by atoms with E-state index in [1.54, 1.807) is 24.3 Å². The van der Waals surface area contributed by atoms with Crippen LogP contribution < -0.4 is 5.32 Å². The van der Waals surface area contributed by atoms with Crippen LogP contribution in [0.5, 0.6) is 0 Å². The molecule has 2 aromatic carbocycles. The molecule has 0 heterocycles. The normalized spacial score (nSPS) is 11.7. The summed E-state index contributed by atoms with van der Waals surface area (Å²) in [5.41, 5.74) is 1.31. The lowest BCUT2D eigenvalue weighted by atomic mass is 10.0. The zero-order chi connectivity index (χ0) is 19.6. The summed E-state index contributed by atoms with van der Waals surface area (Å²) in [6.45, 7) is 5.49. The van der Waals surface area contributed by atoms with Gasteiger partial charge in [0.15, 0.2) is 0 Å². The number of hydrogen-bond donors (Lipinski definition) is 1. The molecule has 2 rings (SSSR count). The molecule has 0 saturated heterocycles. The Hall–Kier alpha value is -2.33. The highest BCUT2D eigenvalue weighted by molar-refractivity contribution is 6.33. The Morgan fingerprint density at radius 3 is 2.33 bits per heavy atom. The van der Waals surface area contributed by atoms with Crippen molar-refractivity contribution in [1.29, 1.82) is 0 Å². The zero-order valence-electron chi connectivity index (χ0n) is 16.0. The smallest absolute Gasteiger partial charge is 0.253 e. The van der Waals surface area contributed by atoms with Crippen LogP contribution in [-0.4, -0.2) is 29.8 Å². The van der Waals surface area contributed by atoms with E-state index in [0.29, 0.717) is 17.1 Å². The lowest BCUT2D eigenvalue weighted by Crippen LogP contribution is -2.37. The van der Waals surface area contributed by atoms with E-state index in [0.717, 1.165) is 24.9 Å². The third-order valence-corrected chi connectivity index (χ3v) is 4.85. The first-order valence-electron chi connectivity index (χ1n) is 9.44. The molecule has 1 atom stereocenters. The van der Waals surface area contributed by atoms with Gasteiger partial charge in [0.1, 0.15) is 0 Å². The Morgan fingerprint density at radius 1 is 1.04 bits per heavy atom. The third-order valence-electron chi connectivity index (χ3n) is 4.52. The van der Waals surface area contributed by atoms with Gasteiger partial charge in [0, 0.05) is 13.1 Å². The van der Waals surface area contributed by atoms with Crippen molar-refractivity contribution < 1.29 is 9.59 Å². The quantitative estimate of drug-likeness (QED) is 0.669. The van der Waals surface area contributed by atoms with Gasteiger partial charge in [0.2, 0.25) is 5.91 Å². The maximum absolute atomic E-state index is 12.8. The van der Waals surface area contributed by atoms with Crippen LogP contribution in [0.15, 0.2) is 54.6 Å². The van der Waals surface area contributed by atoms with E-state index in [2.05, 4.69) is 12.2 Å². The van der Waals surface area contributed by atoms with Crippen LogP contribution in [0.1, 0.15) is 55.1 Å². The minimum Gasteiger partial charge on any atom is -0.345 e. The van der Waals surface area contributed by atoms with E-state index in [1.165, 1.54) is 0 Å². The second-order valence-corrected chi connectivity index (χ2v) is 6.85. The number of rotatable bonds is 9. The maximum Gasteiger partial charge on any atom is 0.253 e. The molecule has 27 heavy (non-hydrogen) atoms. The first-order chi connectivity index (χ1) is 13.1. The number of amides is 2. The van der Waals surface area contributed by atoms with Gasteiger partial charge in [-0.05, 0) is 31.0 Å². The van der Waals surface area contributed by atoms with Crippen LogP contribution in [-0.2, 0) is 4.79 Å². The maximum atomic E-state index is 12.8. The average molecular weight is 387 g/mol. The summed E-state index contributed by atoms with van der Waals surface area (Å²) >= 11 is 6.15. The summed E-state index contributed by atoms with van der Waals surface area (Å²) in [4.78, 5) is 27.4. The van der Waals surface area contributed by atoms with E-state index in [4.69, 9.17) is 11.6 Å². The monoisotopic (exact) mass is 386 g/mol. The van der Waals surface area contributed by atoms with Crippen LogP contribution in [0, 0.1) is 0 Å². The second-order valence-electron chi connectivity index (χ2n) is 6.45. The lowest BCUT2D eigenvalue weighted by molar-refractivity contribution is -0.131. The number of nitrogens with one attached hydrogen (secondary N) is 1. The highest BCUT2D eigenvalue weighted by atomic mass is 35.5. The molecule has 0 aliphatic carbocycles. The highest BCUT2D eigenvalue weighted by Crippen LogP contribution is 2.21. The number of hydrogen-bond acceptors (Lipinski definition) is 2. The molecule has 0 radical (unpaired) electrons. The minimum absolute atomic E-state index is 0.0410. The van der Waals surface area contributed by atoms with Gasteiger partial charge in [0.05, 0.1) is 23.0 Å². The van der Waals surface area contributed by atoms with Gasteiger partial charge in [-0.3, -0.25) is 9.59 Å². The molecule has 5 heteroatoms. The zero-order valence-corrected chi connectivity index (χ0v) is 16.7. The predicted molar refractivity (Wildman–Crippen MR) is 110 cm³/mol. The van der Waals surface area contributed by atoms with Crippen molar-refractivity contribution >= 4 is 23.4 Å².